The van der Waals surface area contributed by atoms with Gasteiger partial charge in [-0.05, 0) is 69.7 Å². The minimum Gasteiger partial charge on any atom is -0.462 e. The van der Waals surface area contributed by atoms with Gasteiger partial charge in [-0.1, -0.05) is 25.5 Å². The molecule has 1 aromatic carbocycles. The molecule has 1 saturated heterocycles. The monoisotopic (exact) mass is 549 g/mol. The molecule has 0 unspecified atom stereocenters. The van der Waals surface area contributed by atoms with Crippen molar-refractivity contribution in [1.29, 1.82) is 0 Å². The molecular weight excluding hydrogens is 513 g/mol. The number of nitrogens with zero attached hydrogens (tertiary/aromatic N) is 2. The Balaban J connectivity index is 1.41. The zero-order valence-corrected chi connectivity index (χ0v) is 23.1. The quantitative estimate of drug-likeness (QED) is 0.287. The Morgan fingerprint density at radius 2 is 1.97 bits per heavy atom. The standard InChI is InChI=1S/C26H36N3O8P/c1-5-6-18(3)35-25(30)19(4)28-38(32,37-22-11-9-21(10-12-22)20-7-8-20)34-16-24-33-15-23(36-24)29-14-13-17(2)27-26(29)31/h9-14,18-20,23-24H,5-8,15-16H2,1-4H3,(H,28,32)/t18-,19-,23-,24-,38-/m0/s1. The Morgan fingerprint density at radius 1 is 1.24 bits per heavy atom. The third-order valence-electron chi connectivity index (χ3n) is 6.27. The van der Waals surface area contributed by atoms with Gasteiger partial charge in [-0.25, -0.2) is 9.36 Å². The second-order valence-corrected chi connectivity index (χ2v) is 11.4. The Bertz CT molecular complexity index is 1200. The maximum absolute atomic E-state index is 13.8. The van der Waals surface area contributed by atoms with Crippen LogP contribution in [-0.2, 0) is 28.1 Å². The summed E-state index contributed by atoms with van der Waals surface area (Å²) in [6.45, 7) is 6.87. The van der Waals surface area contributed by atoms with Crippen LogP contribution in [0, 0.1) is 6.92 Å². The number of nitrogens with one attached hydrogen (secondary N) is 1. The summed E-state index contributed by atoms with van der Waals surface area (Å²) in [5.74, 6) is 0.321. The van der Waals surface area contributed by atoms with Crippen molar-refractivity contribution in [3.8, 4) is 5.75 Å². The van der Waals surface area contributed by atoms with Crippen LogP contribution in [0.2, 0.25) is 0 Å². The van der Waals surface area contributed by atoms with Crippen LogP contribution in [0.1, 0.15) is 69.9 Å². The van der Waals surface area contributed by atoms with Gasteiger partial charge >= 0.3 is 19.4 Å². The van der Waals surface area contributed by atoms with Crippen molar-refractivity contribution >= 4 is 13.7 Å². The number of carbonyl (C=O) groups excluding carboxylic acids is 1. The third-order valence-corrected chi connectivity index (χ3v) is 7.91. The van der Waals surface area contributed by atoms with E-state index in [9.17, 15) is 14.2 Å². The van der Waals surface area contributed by atoms with Crippen molar-refractivity contribution in [2.24, 2.45) is 0 Å². The summed E-state index contributed by atoms with van der Waals surface area (Å²) in [4.78, 5) is 28.7. The van der Waals surface area contributed by atoms with E-state index in [0.29, 0.717) is 23.8 Å². The van der Waals surface area contributed by atoms with Gasteiger partial charge in [0.2, 0.25) is 0 Å². The summed E-state index contributed by atoms with van der Waals surface area (Å²) in [7, 11) is -4.09. The topological polar surface area (TPSA) is 127 Å². The molecule has 38 heavy (non-hydrogen) atoms. The number of aryl methyl sites for hydroxylation is 1. The van der Waals surface area contributed by atoms with Crippen LogP contribution >= 0.6 is 7.75 Å². The predicted molar refractivity (Wildman–Crippen MR) is 139 cm³/mol. The van der Waals surface area contributed by atoms with Crippen molar-refractivity contribution < 1.29 is 32.6 Å². The maximum atomic E-state index is 13.8. The molecule has 1 aliphatic carbocycles. The Morgan fingerprint density at radius 3 is 2.63 bits per heavy atom. The van der Waals surface area contributed by atoms with Gasteiger partial charge in [0, 0.05) is 11.9 Å². The van der Waals surface area contributed by atoms with Gasteiger partial charge in [0.15, 0.2) is 12.5 Å². The average Bonchev–Trinajstić information content (AvgIpc) is 3.61. The SMILES string of the molecule is CCC[C@H](C)OC(=O)[C@H](C)N[P@](=O)(OC[C@H]1OC[C@@H](n2ccc(C)nc2=O)O1)Oc1ccc(C2CC2)cc1. The van der Waals surface area contributed by atoms with Gasteiger partial charge in [-0.3, -0.25) is 13.9 Å². The Labute approximate surface area is 222 Å². The predicted octanol–water partition coefficient (Wildman–Crippen LogP) is 4.21. The molecule has 1 aliphatic heterocycles. The summed E-state index contributed by atoms with van der Waals surface area (Å²) in [6, 6.07) is 8.04. The molecule has 1 saturated carbocycles. The Hall–Kier alpha value is -2.56. The molecule has 5 atom stereocenters. The number of benzene rings is 1. The van der Waals surface area contributed by atoms with Crippen molar-refractivity contribution in [1.82, 2.24) is 14.6 Å². The fourth-order valence-electron chi connectivity index (χ4n) is 4.05. The van der Waals surface area contributed by atoms with Gasteiger partial charge in [-0.15, -0.1) is 0 Å². The number of esters is 1. The normalized spacial score (nSPS) is 22.4. The zero-order chi connectivity index (χ0) is 27.3. The zero-order valence-electron chi connectivity index (χ0n) is 22.2. The van der Waals surface area contributed by atoms with E-state index >= 15 is 0 Å². The van der Waals surface area contributed by atoms with Crippen LogP contribution in [0.3, 0.4) is 0 Å². The second-order valence-electron chi connectivity index (χ2n) is 9.73. The van der Waals surface area contributed by atoms with E-state index in [1.807, 2.05) is 26.0 Å². The molecule has 0 radical (unpaired) electrons. The average molecular weight is 550 g/mol. The maximum Gasteiger partial charge on any atom is 0.459 e. The number of rotatable bonds is 13. The summed E-state index contributed by atoms with van der Waals surface area (Å²) < 4.78 is 43.4. The molecule has 2 aromatic rings. The van der Waals surface area contributed by atoms with Crippen LogP contribution < -0.4 is 15.3 Å². The molecular formula is C26H36N3O8P. The molecule has 12 heteroatoms. The summed E-state index contributed by atoms with van der Waals surface area (Å²) >= 11 is 0. The summed E-state index contributed by atoms with van der Waals surface area (Å²) in [5, 5.41) is 2.68. The molecule has 2 aliphatic rings. The molecule has 0 spiro atoms. The smallest absolute Gasteiger partial charge is 0.459 e. The van der Waals surface area contributed by atoms with E-state index < -0.39 is 38.0 Å². The number of aromatic nitrogens is 2. The van der Waals surface area contributed by atoms with Crippen molar-refractivity contribution in [2.75, 3.05) is 13.2 Å². The highest BCUT2D eigenvalue weighted by atomic mass is 31.2. The van der Waals surface area contributed by atoms with E-state index in [2.05, 4.69) is 10.1 Å². The van der Waals surface area contributed by atoms with Crippen molar-refractivity contribution in [3.63, 3.8) is 0 Å². The minimum atomic E-state index is -4.09. The molecule has 0 bridgehead atoms. The number of hydrogen-bond acceptors (Lipinski definition) is 9. The van der Waals surface area contributed by atoms with E-state index in [0.717, 1.165) is 19.3 Å². The number of hydrogen-bond donors (Lipinski definition) is 1. The summed E-state index contributed by atoms with van der Waals surface area (Å²) in [6.07, 6.45) is 3.58. The van der Waals surface area contributed by atoms with E-state index in [1.54, 1.807) is 31.3 Å². The molecule has 2 heterocycles. The number of carbonyl (C=O) groups is 1. The lowest BCUT2D eigenvalue weighted by Gasteiger charge is -2.24. The van der Waals surface area contributed by atoms with Crippen LogP contribution in [0.15, 0.2) is 41.3 Å². The fraction of sp³-hybridized carbons (Fsp3) is 0.577. The first-order chi connectivity index (χ1) is 18.2. The fourth-order valence-corrected chi connectivity index (χ4v) is 5.53. The molecule has 4 rings (SSSR count). The highest BCUT2D eigenvalue weighted by Crippen LogP contribution is 2.46. The molecule has 11 nitrogen and oxygen atoms in total. The molecule has 208 valence electrons. The highest BCUT2D eigenvalue weighted by Gasteiger charge is 2.36. The second kappa shape index (κ2) is 12.5. The first-order valence-electron chi connectivity index (χ1n) is 13.0. The van der Waals surface area contributed by atoms with Crippen molar-refractivity contribution in [2.45, 2.75) is 84.0 Å². The van der Waals surface area contributed by atoms with Crippen LogP contribution in [0.5, 0.6) is 5.75 Å². The lowest BCUT2D eigenvalue weighted by Crippen LogP contribution is -2.37. The van der Waals surface area contributed by atoms with Crippen molar-refractivity contribution in [3.05, 3.63) is 58.3 Å². The van der Waals surface area contributed by atoms with E-state index in [4.69, 9.17) is 23.3 Å². The third kappa shape index (κ3) is 7.74. The van der Waals surface area contributed by atoms with Gasteiger partial charge in [0.1, 0.15) is 18.4 Å². The van der Waals surface area contributed by atoms with Crippen LogP contribution in [0.4, 0.5) is 0 Å². The van der Waals surface area contributed by atoms with Crippen LogP contribution in [0.25, 0.3) is 0 Å². The van der Waals surface area contributed by atoms with Gasteiger partial charge in [0.25, 0.3) is 0 Å². The first kappa shape index (κ1) is 28.4. The van der Waals surface area contributed by atoms with Crippen LogP contribution in [-0.4, -0.2) is 47.2 Å². The van der Waals surface area contributed by atoms with Gasteiger partial charge < -0.3 is 18.7 Å². The first-order valence-corrected chi connectivity index (χ1v) is 14.6. The largest absolute Gasteiger partial charge is 0.462 e. The van der Waals surface area contributed by atoms with E-state index in [-0.39, 0.29) is 19.3 Å². The highest BCUT2D eigenvalue weighted by molar-refractivity contribution is 7.52. The minimum absolute atomic E-state index is 0.0813. The summed E-state index contributed by atoms with van der Waals surface area (Å²) in [5.41, 5.74) is 1.33. The Kier molecular flexibility index (Phi) is 9.38. The van der Waals surface area contributed by atoms with E-state index in [1.165, 1.54) is 17.1 Å². The number of ether oxygens (including phenoxy) is 3. The van der Waals surface area contributed by atoms with Gasteiger partial charge in [0.05, 0.1) is 12.7 Å². The molecule has 0 amide bonds. The van der Waals surface area contributed by atoms with Gasteiger partial charge in [-0.2, -0.15) is 10.1 Å². The molecule has 2 fully saturated rings. The lowest BCUT2D eigenvalue weighted by atomic mass is 10.1. The lowest BCUT2D eigenvalue weighted by molar-refractivity contribution is -0.150. The molecule has 1 N–H and O–H groups in total. The molecule has 1 aromatic heterocycles.